The van der Waals surface area contributed by atoms with E-state index in [2.05, 4.69) is 10.1 Å². The summed E-state index contributed by atoms with van der Waals surface area (Å²) >= 11 is 0. The minimum Gasteiger partial charge on any atom is -0.387 e. The minimum absolute atomic E-state index is 0.585. The highest BCUT2D eigenvalue weighted by Crippen LogP contribution is 2.35. The number of aliphatic hydroxyl groups is 1. The number of rotatable bonds is 7. The average Bonchev–Trinajstić information content (AvgIpc) is 3.02. The van der Waals surface area contributed by atoms with E-state index in [1.165, 1.54) is 49.4 Å². The van der Waals surface area contributed by atoms with E-state index < -0.39 is 24.0 Å². The molecule has 4 nitrogen and oxygen atoms in total. The van der Waals surface area contributed by atoms with Crippen molar-refractivity contribution in [1.29, 1.82) is 0 Å². The van der Waals surface area contributed by atoms with Crippen molar-refractivity contribution in [2.45, 2.75) is 82.8 Å². The highest BCUT2D eigenvalue weighted by molar-refractivity contribution is 4.94. The summed E-state index contributed by atoms with van der Waals surface area (Å²) in [5.41, 5.74) is -2.30. The van der Waals surface area contributed by atoms with Gasteiger partial charge in [-0.2, -0.15) is 5.10 Å². The van der Waals surface area contributed by atoms with Gasteiger partial charge in [0.2, 0.25) is 0 Å². The highest BCUT2D eigenvalue weighted by atomic mass is 19.2. The molecule has 0 spiro atoms. The minimum atomic E-state index is -2.30. The van der Waals surface area contributed by atoms with Crippen LogP contribution >= 0.6 is 0 Å². The number of aromatic nitrogens is 3. The van der Waals surface area contributed by atoms with Gasteiger partial charge >= 0.3 is 0 Å². The van der Waals surface area contributed by atoms with Crippen LogP contribution in [0.4, 0.5) is 8.78 Å². The van der Waals surface area contributed by atoms with Gasteiger partial charge in [-0.25, -0.2) is 18.4 Å². The number of alkyl halides is 2. The van der Waals surface area contributed by atoms with Gasteiger partial charge < -0.3 is 5.11 Å². The molecule has 0 aliphatic heterocycles. The van der Waals surface area contributed by atoms with E-state index in [0.29, 0.717) is 12.3 Å². The van der Waals surface area contributed by atoms with Crippen LogP contribution in [0, 0.1) is 5.92 Å². The predicted molar refractivity (Wildman–Crippen MR) is 81.0 cm³/mol. The normalized spacial score (nSPS) is 23.7. The molecular formula is C16H27F2N3O. The molecule has 1 aromatic heterocycles. The fourth-order valence-corrected chi connectivity index (χ4v) is 3.32. The fraction of sp³-hybridized carbons (Fsp3) is 0.875. The molecule has 1 aliphatic rings. The summed E-state index contributed by atoms with van der Waals surface area (Å²) < 4.78 is 29.5. The zero-order valence-electron chi connectivity index (χ0n) is 13.5. The smallest absolute Gasteiger partial charge is 0.166 e. The van der Waals surface area contributed by atoms with Crippen LogP contribution in [-0.4, -0.2) is 37.8 Å². The second-order valence-electron chi connectivity index (χ2n) is 6.74. The highest BCUT2D eigenvalue weighted by Gasteiger charge is 2.44. The largest absolute Gasteiger partial charge is 0.387 e. The lowest BCUT2D eigenvalue weighted by atomic mass is 9.82. The molecule has 4 atom stereocenters. The Morgan fingerprint density at radius 1 is 1.36 bits per heavy atom. The summed E-state index contributed by atoms with van der Waals surface area (Å²) in [7, 11) is 0. The van der Waals surface area contributed by atoms with E-state index in [9.17, 15) is 13.9 Å². The SMILES string of the molecule is CC(F)C(C)(F)C(O)C(CCC1CCCCC1)n1cncn1. The van der Waals surface area contributed by atoms with E-state index in [0.717, 1.165) is 20.3 Å². The molecule has 0 saturated heterocycles. The van der Waals surface area contributed by atoms with Gasteiger partial charge in [0, 0.05) is 0 Å². The summed E-state index contributed by atoms with van der Waals surface area (Å²) in [6.45, 7) is 2.26. The van der Waals surface area contributed by atoms with E-state index in [4.69, 9.17) is 0 Å². The second-order valence-corrected chi connectivity index (χ2v) is 6.74. The third-order valence-corrected chi connectivity index (χ3v) is 5.09. The van der Waals surface area contributed by atoms with Crippen LogP contribution in [0.15, 0.2) is 12.7 Å². The molecule has 1 N–H and O–H groups in total. The van der Waals surface area contributed by atoms with Gasteiger partial charge in [-0.05, 0) is 32.6 Å². The van der Waals surface area contributed by atoms with Crippen LogP contribution in [-0.2, 0) is 0 Å². The molecule has 1 heterocycles. The summed E-state index contributed by atoms with van der Waals surface area (Å²) in [5.74, 6) is 0.612. The van der Waals surface area contributed by atoms with Gasteiger partial charge in [-0.1, -0.05) is 32.1 Å². The van der Waals surface area contributed by atoms with Crippen LogP contribution in [0.5, 0.6) is 0 Å². The van der Waals surface area contributed by atoms with Gasteiger partial charge in [0.25, 0.3) is 0 Å². The lowest BCUT2D eigenvalue weighted by molar-refractivity contribution is -0.0737. The first-order chi connectivity index (χ1) is 10.4. The molecule has 1 fully saturated rings. The molecule has 126 valence electrons. The molecule has 1 saturated carbocycles. The first-order valence-corrected chi connectivity index (χ1v) is 8.28. The average molecular weight is 315 g/mol. The number of hydrogen-bond donors (Lipinski definition) is 1. The fourth-order valence-electron chi connectivity index (χ4n) is 3.32. The summed E-state index contributed by atoms with van der Waals surface area (Å²) in [6, 6.07) is -0.586. The van der Waals surface area contributed by atoms with Crippen molar-refractivity contribution in [2.24, 2.45) is 5.92 Å². The standard InChI is InChI=1S/C16H27F2N3O/c1-12(17)16(2,18)15(22)14(21-11-19-10-20-21)9-8-13-6-4-3-5-7-13/h10-15,22H,3-9H2,1-2H3. The zero-order valence-corrected chi connectivity index (χ0v) is 13.5. The summed E-state index contributed by atoms with van der Waals surface area (Å²) in [5, 5.41) is 14.4. The zero-order chi connectivity index (χ0) is 16.2. The van der Waals surface area contributed by atoms with Gasteiger partial charge in [-0.3, -0.25) is 0 Å². The van der Waals surface area contributed by atoms with Crippen LogP contribution in [0.1, 0.15) is 64.8 Å². The van der Waals surface area contributed by atoms with E-state index >= 15 is 0 Å². The van der Waals surface area contributed by atoms with Crippen molar-refractivity contribution in [3.63, 3.8) is 0 Å². The Labute approximate surface area is 130 Å². The van der Waals surface area contributed by atoms with Crippen LogP contribution in [0.25, 0.3) is 0 Å². The van der Waals surface area contributed by atoms with Crippen molar-refractivity contribution < 1.29 is 13.9 Å². The molecule has 2 rings (SSSR count). The quantitative estimate of drug-likeness (QED) is 0.836. The van der Waals surface area contributed by atoms with Gasteiger partial charge in [0.15, 0.2) is 5.67 Å². The second kappa shape index (κ2) is 7.49. The molecule has 1 aliphatic carbocycles. The molecule has 0 bridgehead atoms. The topological polar surface area (TPSA) is 50.9 Å². The van der Waals surface area contributed by atoms with E-state index in [1.54, 1.807) is 0 Å². The Morgan fingerprint density at radius 2 is 2.05 bits per heavy atom. The Balaban J connectivity index is 2.06. The lowest BCUT2D eigenvalue weighted by Crippen LogP contribution is -2.47. The summed E-state index contributed by atoms with van der Waals surface area (Å²) in [4.78, 5) is 3.87. The number of halogens is 2. The van der Waals surface area contributed by atoms with Crippen LogP contribution in [0.3, 0.4) is 0 Å². The van der Waals surface area contributed by atoms with Crippen molar-refractivity contribution in [1.82, 2.24) is 14.8 Å². The molecule has 0 radical (unpaired) electrons. The predicted octanol–water partition coefficient (Wildman–Crippen LogP) is 3.63. The third-order valence-electron chi connectivity index (χ3n) is 5.09. The Morgan fingerprint density at radius 3 is 2.59 bits per heavy atom. The maximum absolute atomic E-state index is 14.5. The molecule has 6 heteroatoms. The first-order valence-electron chi connectivity index (χ1n) is 8.28. The summed E-state index contributed by atoms with van der Waals surface area (Å²) in [6.07, 6.45) is 7.25. The molecular weight excluding hydrogens is 288 g/mol. The van der Waals surface area contributed by atoms with E-state index in [1.807, 2.05) is 0 Å². The lowest BCUT2D eigenvalue weighted by Gasteiger charge is -2.34. The first kappa shape index (κ1) is 17.3. The van der Waals surface area contributed by atoms with Gasteiger partial charge in [-0.15, -0.1) is 0 Å². The molecule has 1 aromatic rings. The van der Waals surface area contributed by atoms with Gasteiger partial charge in [0.1, 0.15) is 24.9 Å². The van der Waals surface area contributed by atoms with Crippen molar-refractivity contribution in [3.05, 3.63) is 12.7 Å². The monoisotopic (exact) mass is 315 g/mol. The molecule has 22 heavy (non-hydrogen) atoms. The Hall–Kier alpha value is -1.04. The third kappa shape index (κ3) is 4.03. The Kier molecular flexibility index (Phi) is 5.89. The number of aliphatic hydroxyl groups excluding tert-OH is 1. The van der Waals surface area contributed by atoms with Crippen molar-refractivity contribution >= 4 is 0 Å². The molecule has 4 unspecified atom stereocenters. The van der Waals surface area contributed by atoms with Crippen molar-refractivity contribution in [2.75, 3.05) is 0 Å². The molecule has 0 amide bonds. The van der Waals surface area contributed by atoms with Crippen LogP contribution < -0.4 is 0 Å². The maximum atomic E-state index is 14.5. The van der Waals surface area contributed by atoms with Gasteiger partial charge in [0.05, 0.1) is 6.04 Å². The Bertz CT molecular complexity index is 431. The van der Waals surface area contributed by atoms with Crippen LogP contribution in [0.2, 0.25) is 0 Å². The van der Waals surface area contributed by atoms with Crippen molar-refractivity contribution in [3.8, 4) is 0 Å². The molecule has 0 aromatic carbocycles. The number of hydrogen-bond acceptors (Lipinski definition) is 3. The number of nitrogens with zero attached hydrogens (tertiary/aromatic N) is 3. The van der Waals surface area contributed by atoms with E-state index in [-0.39, 0.29) is 0 Å². The maximum Gasteiger partial charge on any atom is 0.166 e.